The monoisotopic (exact) mass is 282 g/mol. The maximum atomic E-state index is 12.0. The fourth-order valence-electron chi connectivity index (χ4n) is 1.96. The van der Waals surface area contributed by atoms with E-state index in [4.69, 9.17) is 0 Å². The summed E-state index contributed by atoms with van der Waals surface area (Å²) in [6, 6.07) is 4.27. The molecule has 2 atom stereocenters. The van der Waals surface area contributed by atoms with Gasteiger partial charge in [-0.1, -0.05) is 33.3 Å². The lowest BCUT2D eigenvalue weighted by Gasteiger charge is -2.25. The van der Waals surface area contributed by atoms with Crippen LogP contribution in [0, 0.1) is 5.92 Å². The van der Waals surface area contributed by atoms with Gasteiger partial charge in [0, 0.05) is 17.5 Å². The van der Waals surface area contributed by atoms with Crippen LogP contribution in [-0.2, 0) is 4.79 Å². The van der Waals surface area contributed by atoms with Gasteiger partial charge in [0.15, 0.2) is 0 Å². The minimum absolute atomic E-state index is 0.0932. The van der Waals surface area contributed by atoms with Crippen molar-refractivity contribution in [1.29, 1.82) is 0 Å². The summed E-state index contributed by atoms with van der Waals surface area (Å²) in [5, 5.41) is 8.50. The molecular weight excluding hydrogens is 256 g/mol. The highest BCUT2D eigenvalue weighted by Crippen LogP contribution is 2.26. The van der Waals surface area contributed by atoms with Crippen LogP contribution in [-0.4, -0.2) is 18.5 Å². The number of carbonyl (C=O) groups excluding carboxylic acids is 1. The second-order valence-corrected chi connectivity index (χ2v) is 6.25. The molecular formula is C15H26N2OS. The van der Waals surface area contributed by atoms with Gasteiger partial charge in [0.05, 0.1) is 6.04 Å². The quantitative estimate of drug-likeness (QED) is 0.718. The Kier molecular flexibility index (Phi) is 7.10. The Hall–Kier alpha value is -0.870. The first-order valence-electron chi connectivity index (χ1n) is 7.13. The number of hydrogen-bond donors (Lipinski definition) is 2. The molecule has 0 saturated heterocycles. The van der Waals surface area contributed by atoms with E-state index in [2.05, 4.69) is 48.9 Å². The number of nitrogens with one attached hydrogen (secondary N) is 2. The summed E-state index contributed by atoms with van der Waals surface area (Å²) < 4.78 is 0. The van der Waals surface area contributed by atoms with E-state index in [1.54, 1.807) is 11.3 Å². The molecule has 1 rings (SSSR count). The van der Waals surface area contributed by atoms with Gasteiger partial charge in [-0.3, -0.25) is 10.1 Å². The lowest BCUT2D eigenvalue weighted by molar-refractivity contribution is -0.123. The average molecular weight is 282 g/mol. The van der Waals surface area contributed by atoms with Crippen molar-refractivity contribution < 1.29 is 4.79 Å². The van der Waals surface area contributed by atoms with Gasteiger partial charge in [-0.15, -0.1) is 11.3 Å². The summed E-state index contributed by atoms with van der Waals surface area (Å²) in [4.78, 5) is 13.3. The lowest BCUT2D eigenvalue weighted by Crippen LogP contribution is -2.44. The number of thiophene rings is 1. The van der Waals surface area contributed by atoms with E-state index < -0.39 is 0 Å². The van der Waals surface area contributed by atoms with Gasteiger partial charge in [0.1, 0.15) is 0 Å². The molecule has 19 heavy (non-hydrogen) atoms. The van der Waals surface area contributed by atoms with Crippen molar-refractivity contribution in [1.82, 2.24) is 10.6 Å². The largest absolute Gasteiger partial charge is 0.355 e. The average Bonchev–Trinajstić information content (AvgIpc) is 2.88. The van der Waals surface area contributed by atoms with Crippen molar-refractivity contribution in [2.75, 3.05) is 6.54 Å². The van der Waals surface area contributed by atoms with E-state index in [1.807, 2.05) is 6.92 Å². The SMILES string of the molecule is CCCCNC(=O)C(C)NC(c1cccs1)C(C)C. The van der Waals surface area contributed by atoms with Crippen molar-refractivity contribution in [3.05, 3.63) is 22.4 Å². The van der Waals surface area contributed by atoms with Crippen LogP contribution in [0.4, 0.5) is 0 Å². The van der Waals surface area contributed by atoms with Gasteiger partial charge >= 0.3 is 0 Å². The second kappa shape index (κ2) is 8.33. The zero-order valence-electron chi connectivity index (χ0n) is 12.4. The predicted molar refractivity (Wildman–Crippen MR) is 82.4 cm³/mol. The Labute approximate surface area is 120 Å². The molecule has 1 aromatic heterocycles. The molecule has 0 aromatic carbocycles. The van der Waals surface area contributed by atoms with Crippen molar-refractivity contribution in [2.45, 2.75) is 52.6 Å². The summed E-state index contributed by atoms with van der Waals surface area (Å²) >= 11 is 1.74. The molecule has 0 radical (unpaired) electrons. The number of carbonyl (C=O) groups is 1. The van der Waals surface area contributed by atoms with E-state index in [0.717, 1.165) is 19.4 Å². The van der Waals surface area contributed by atoms with E-state index >= 15 is 0 Å². The Balaban J connectivity index is 2.52. The third kappa shape index (κ3) is 5.33. The Morgan fingerprint density at radius 3 is 2.63 bits per heavy atom. The van der Waals surface area contributed by atoms with Crippen molar-refractivity contribution >= 4 is 17.2 Å². The van der Waals surface area contributed by atoms with Crippen LogP contribution in [0.2, 0.25) is 0 Å². The van der Waals surface area contributed by atoms with Gasteiger partial charge in [0.25, 0.3) is 0 Å². The van der Waals surface area contributed by atoms with Crippen LogP contribution >= 0.6 is 11.3 Å². The Bertz CT molecular complexity index is 362. The fourth-order valence-corrected chi connectivity index (χ4v) is 2.92. The summed E-state index contributed by atoms with van der Waals surface area (Å²) in [5.41, 5.74) is 0. The predicted octanol–water partition coefficient (Wildman–Crippen LogP) is 3.34. The summed E-state index contributed by atoms with van der Waals surface area (Å²) in [6.45, 7) is 9.19. The third-order valence-electron chi connectivity index (χ3n) is 3.17. The molecule has 1 amide bonds. The van der Waals surface area contributed by atoms with E-state index in [-0.39, 0.29) is 18.0 Å². The molecule has 1 heterocycles. The molecule has 0 fully saturated rings. The molecule has 0 aliphatic rings. The topological polar surface area (TPSA) is 41.1 Å². The van der Waals surface area contributed by atoms with Crippen LogP contribution in [0.3, 0.4) is 0 Å². The normalized spacial score (nSPS) is 14.4. The number of unbranched alkanes of at least 4 members (excludes halogenated alkanes) is 1. The van der Waals surface area contributed by atoms with Crippen molar-refractivity contribution in [3.63, 3.8) is 0 Å². The zero-order chi connectivity index (χ0) is 14.3. The summed E-state index contributed by atoms with van der Waals surface area (Å²) in [5.74, 6) is 0.556. The van der Waals surface area contributed by atoms with Crippen LogP contribution < -0.4 is 10.6 Å². The molecule has 1 aromatic rings. The van der Waals surface area contributed by atoms with Crippen molar-refractivity contribution in [3.8, 4) is 0 Å². The first-order valence-corrected chi connectivity index (χ1v) is 8.01. The molecule has 108 valence electrons. The Morgan fingerprint density at radius 1 is 1.37 bits per heavy atom. The lowest BCUT2D eigenvalue weighted by atomic mass is 10.0. The van der Waals surface area contributed by atoms with Gasteiger partial charge < -0.3 is 5.32 Å². The third-order valence-corrected chi connectivity index (χ3v) is 4.12. The standard InChI is InChI=1S/C15H26N2OS/c1-5-6-9-16-15(18)12(4)17-14(11(2)3)13-8-7-10-19-13/h7-8,10-12,14,17H,5-6,9H2,1-4H3,(H,16,18). The van der Waals surface area contributed by atoms with E-state index in [9.17, 15) is 4.79 Å². The first-order chi connectivity index (χ1) is 9.06. The van der Waals surface area contributed by atoms with Gasteiger partial charge in [-0.25, -0.2) is 0 Å². The number of rotatable bonds is 8. The number of amides is 1. The Morgan fingerprint density at radius 2 is 2.11 bits per heavy atom. The molecule has 0 saturated carbocycles. The molecule has 2 unspecified atom stereocenters. The van der Waals surface area contributed by atoms with E-state index in [1.165, 1.54) is 4.88 Å². The molecule has 0 bridgehead atoms. The van der Waals surface area contributed by atoms with Crippen LogP contribution in [0.1, 0.15) is 51.5 Å². The van der Waals surface area contributed by atoms with Gasteiger partial charge in [-0.2, -0.15) is 0 Å². The maximum Gasteiger partial charge on any atom is 0.236 e. The smallest absolute Gasteiger partial charge is 0.236 e. The summed E-state index contributed by atoms with van der Waals surface area (Å²) in [6.07, 6.45) is 2.14. The van der Waals surface area contributed by atoms with Crippen LogP contribution in [0.25, 0.3) is 0 Å². The second-order valence-electron chi connectivity index (χ2n) is 5.27. The summed E-state index contributed by atoms with van der Waals surface area (Å²) in [7, 11) is 0. The molecule has 3 nitrogen and oxygen atoms in total. The molecule has 0 spiro atoms. The number of hydrogen-bond acceptors (Lipinski definition) is 3. The highest BCUT2D eigenvalue weighted by atomic mass is 32.1. The first kappa shape index (κ1) is 16.2. The van der Waals surface area contributed by atoms with Gasteiger partial charge in [-0.05, 0) is 30.7 Å². The minimum Gasteiger partial charge on any atom is -0.355 e. The zero-order valence-corrected chi connectivity index (χ0v) is 13.2. The molecule has 2 N–H and O–H groups in total. The van der Waals surface area contributed by atoms with Gasteiger partial charge in [0.2, 0.25) is 5.91 Å². The minimum atomic E-state index is -0.161. The highest BCUT2D eigenvalue weighted by Gasteiger charge is 2.22. The van der Waals surface area contributed by atoms with Crippen LogP contribution in [0.5, 0.6) is 0 Å². The maximum absolute atomic E-state index is 12.0. The molecule has 4 heteroatoms. The van der Waals surface area contributed by atoms with Crippen molar-refractivity contribution in [2.24, 2.45) is 5.92 Å². The molecule has 0 aliphatic heterocycles. The van der Waals surface area contributed by atoms with Crippen LogP contribution in [0.15, 0.2) is 17.5 Å². The highest BCUT2D eigenvalue weighted by molar-refractivity contribution is 7.10. The molecule has 0 aliphatic carbocycles. The fraction of sp³-hybridized carbons (Fsp3) is 0.667. The van der Waals surface area contributed by atoms with E-state index in [0.29, 0.717) is 5.92 Å².